The first kappa shape index (κ1) is 19.8. The predicted molar refractivity (Wildman–Crippen MR) is 106 cm³/mol. The Hall–Kier alpha value is -3.53. The molecule has 2 aromatic carbocycles. The van der Waals surface area contributed by atoms with Crippen molar-refractivity contribution in [1.29, 1.82) is 0 Å². The van der Waals surface area contributed by atoms with Crippen molar-refractivity contribution >= 4 is 39.0 Å². The molecule has 1 amide bonds. The molecule has 30 heavy (non-hydrogen) atoms. The fourth-order valence-electron chi connectivity index (χ4n) is 3.01. The Labute approximate surface area is 169 Å². The number of anilines is 2. The van der Waals surface area contributed by atoms with E-state index in [0.29, 0.717) is 22.5 Å². The normalized spacial score (nSPS) is 15.2. The van der Waals surface area contributed by atoms with Crippen LogP contribution in [0, 0.1) is 0 Å². The lowest BCUT2D eigenvalue weighted by molar-refractivity contribution is -0.137. The van der Waals surface area contributed by atoms with Crippen molar-refractivity contribution in [3.05, 3.63) is 77.6 Å². The van der Waals surface area contributed by atoms with Gasteiger partial charge in [-0.1, -0.05) is 0 Å². The van der Waals surface area contributed by atoms with Crippen molar-refractivity contribution in [3.8, 4) is 0 Å². The van der Waals surface area contributed by atoms with E-state index in [2.05, 4.69) is 15.0 Å². The van der Waals surface area contributed by atoms with Gasteiger partial charge in [0.25, 0.3) is 15.9 Å². The van der Waals surface area contributed by atoms with E-state index < -0.39 is 21.8 Å². The summed E-state index contributed by atoms with van der Waals surface area (Å²) < 4.78 is 65.7. The van der Waals surface area contributed by atoms with Crippen molar-refractivity contribution in [1.82, 2.24) is 4.98 Å². The predicted octanol–water partition coefficient (Wildman–Crippen LogP) is 4.33. The molecular weight excluding hydrogens is 419 g/mol. The summed E-state index contributed by atoms with van der Waals surface area (Å²) >= 11 is 0. The van der Waals surface area contributed by atoms with Crippen molar-refractivity contribution in [2.45, 2.75) is 11.1 Å². The van der Waals surface area contributed by atoms with Crippen LogP contribution in [0.25, 0.3) is 11.6 Å². The number of benzene rings is 2. The van der Waals surface area contributed by atoms with Crippen LogP contribution >= 0.6 is 0 Å². The van der Waals surface area contributed by atoms with Crippen molar-refractivity contribution < 1.29 is 26.4 Å². The van der Waals surface area contributed by atoms with Crippen LogP contribution in [-0.2, 0) is 21.0 Å². The van der Waals surface area contributed by atoms with Crippen molar-refractivity contribution in [2.24, 2.45) is 0 Å². The highest BCUT2D eigenvalue weighted by Crippen LogP contribution is 2.35. The SMILES string of the molecule is O=C1Nc2ccc(S(=O)(=O)Nc3ccc(C(F)(F)F)cc3)cc2C1=Cc1ccc[nH]1. The lowest BCUT2D eigenvalue weighted by atomic mass is 10.1. The van der Waals surface area contributed by atoms with Gasteiger partial charge in [0.05, 0.1) is 16.0 Å². The number of sulfonamides is 1. The maximum absolute atomic E-state index is 12.7. The third-order valence-corrected chi connectivity index (χ3v) is 5.85. The second kappa shape index (κ2) is 7.06. The molecule has 0 radical (unpaired) electrons. The Kier molecular flexibility index (Phi) is 4.65. The number of H-pyrrole nitrogens is 1. The number of aromatic nitrogens is 1. The largest absolute Gasteiger partial charge is 0.416 e. The number of aromatic amines is 1. The Morgan fingerprint density at radius 3 is 2.37 bits per heavy atom. The topological polar surface area (TPSA) is 91.1 Å². The van der Waals surface area contributed by atoms with Crippen LogP contribution in [0.15, 0.2) is 65.7 Å². The number of nitrogens with one attached hydrogen (secondary N) is 3. The smallest absolute Gasteiger partial charge is 0.362 e. The van der Waals surface area contributed by atoms with Gasteiger partial charge >= 0.3 is 6.18 Å². The zero-order valence-electron chi connectivity index (χ0n) is 15.1. The van der Waals surface area contributed by atoms with Crippen LogP contribution in [0.3, 0.4) is 0 Å². The average Bonchev–Trinajstić information content (AvgIpc) is 3.29. The number of hydrogen-bond donors (Lipinski definition) is 3. The lowest BCUT2D eigenvalue weighted by Crippen LogP contribution is -2.13. The van der Waals surface area contributed by atoms with Gasteiger partial charge in [-0.05, 0) is 60.7 Å². The van der Waals surface area contributed by atoms with Gasteiger partial charge in [0.2, 0.25) is 0 Å². The summed E-state index contributed by atoms with van der Waals surface area (Å²) in [5.41, 5.74) is 0.936. The van der Waals surface area contributed by atoms with E-state index in [-0.39, 0.29) is 16.5 Å². The molecular formula is C20H14F3N3O3S. The van der Waals surface area contributed by atoms with Crippen molar-refractivity contribution in [3.63, 3.8) is 0 Å². The average molecular weight is 433 g/mol. The van der Waals surface area contributed by atoms with Crippen LogP contribution in [0.4, 0.5) is 24.5 Å². The van der Waals surface area contributed by atoms with E-state index in [0.717, 1.165) is 24.3 Å². The second-order valence-corrected chi connectivity index (χ2v) is 8.21. The van der Waals surface area contributed by atoms with Crippen LogP contribution in [-0.4, -0.2) is 19.3 Å². The fraction of sp³-hybridized carbons (Fsp3) is 0.0500. The molecule has 0 bridgehead atoms. The first-order valence-corrected chi connectivity index (χ1v) is 10.1. The van der Waals surface area contributed by atoms with Gasteiger partial charge in [0.1, 0.15) is 0 Å². The summed E-state index contributed by atoms with van der Waals surface area (Å²) in [5, 5.41) is 2.67. The minimum atomic E-state index is -4.52. The standard InChI is InChI=1S/C20H14F3N3O3S/c21-20(22,23)12-3-5-13(6-4-12)26-30(28,29)15-7-8-18-16(11-15)17(19(27)25-18)10-14-2-1-9-24-14/h1-11,24,26H,(H,25,27). The van der Waals surface area contributed by atoms with Crippen LogP contribution in [0.2, 0.25) is 0 Å². The number of amides is 1. The number of rotatable bonds is 4. The minimum absolute atomic E-state index is 0.0140. The van der Waals surface area contributed by atoms with Gasteiger partial charge in [0.15, 0.2) is 0 Å². The summed E-state index contributed by atoms with van der Waals surface area (Å²) in [6.45, 7) is 0. The summed E-state index contributed by atoms with van der Waals surface area (Å²) in [6, 6.07) is 11.3. The molecule has 1 aliphatic rings. The third kappa shape index (κ3) is 3.81. The first-order chi connectivity index (χ1) is 14.1. The fourth-order valence-corrected chi connectivity index (χ4v) is 4.09. The molecule has 154 valence electrons. The number of fused-ring (bicyclic) bond motifs is 1. The number of carbonyl (C=O) groups excluding carboxylic acids is 1. The van der Waals surface area contributed by atoms with Gasteiger partial charge in [-0.2, -0.15) is 13.2 Å². The van der Waals surface area contributed by atoms with E-state index in [1.54, 1.807) is 24.4 Å². The Morgan fingerprint density at radius 1 is 1.00 bits per heavy atom. The first-order valence-electron chi connectivity index (χ1n) is 8.64. The highest BCUT2D eigenvalue weighted by Gasteiger charge is 2.30. The van der Waals surface area contributed by atoms with E-state index in [1.807, 2.05) is 0 Å². The molecule has 0 saturated heterocycles. The molecule has 3 N–H and O–H groups in total. The Balaban J connectivity index is 1.65. The molecule has 3 aromatic rings. The summed E-state index contributed by atoms with van der Waals surface area (Å²) in [4.78, 5) is 15.1. The van der Waals surface area contributed by atoms with Crippen LogP contribution in [0.5, 0.6) is 0 Å². The number of carbonyl (C=O) groups is 1. The maximum atomic E-state index is 12.7. The number of hydrogen-bond acceptors (Lipinski definition) is 3. The third-order valence-electron chi connectivity index (χ3n) is 4.47. The molecule has 2 heterocycles. The molecule has 6 nitrogen and oxygen atoms in total. The Bertz CT molecular complexity index is 1250. The van der Waals surface area contributed by atoms with Crippen molar-refractivity contribution in [2.75, 3.05) is 10.0 Å². The van der Waals surface area contributed by atoms with Crippen LogP contribution in [0.1, 0.15) is 16.8 Å². The highest BCUT2D eigenvalue weighted by molar-refractivity contribution is 7.92. The van der Waals surface area contributed by atoms with E-state index in [4.69, 9.17) is 0 Å². The van der Waals surface area contributed by atoms with Gasteiger partial charge in [0, 0.05) is 28.8 Å². The molecule has 0 atom stereocenters. The summed E-state index contributed by atoms with van der Waals surface area (Å²) in [5.74, 6) is -0.371. The summed E-state index contributed by atoms with van der Waals surface area (Å²) in [7, 11) is -4.09. The lowest BCUT2D eigenvalue weighted by Gasteiger charge is -2.11. The van der Waals surface area contributed by atoms with Gasteiger partial charge < -0.3 is 10.3 Å². The number of alkyl halides is 3. The molecule has 10 heteroatoms. The quantitative estimate of drug-likeness (QED) is 0.535. The maximum Gasteiger partial charge on any atom is 0.416 e. The van der Waals surface area contributed by atoms with Gasteiger partial charge in [-0.25, -0.2) is 8.42 Å². The van der Waals surface area contributed by atoms with E-state index in [9.17, 15) is 26.4 Å². The minimum Gasteiger partial charge on any atom is -0.362 e. The molecule has 0 saturated carbocycles. The zero-order chi connectivity index (χ0) is 21.5. The highest BCUT2D eigenvalue weighted by atomic mass is 32.2. The van der Waals surface area contributed by atoms with E-state index >= 15 is 0 Å². The molecule has 0 unspecified atom stereocenters. The molecule has 0 fully saturated rings. The molecule has 0 spiro atoms. The monoisotopic (exact) mass is 433 g/mol. The Morgan fingerprint density at radius 2 is 1.73 bits per heavy atom. The van der Waals surface area contributed by atoms with E-state index in [1.165, 1.54) is 18.2 Å². The van der Waals surface area contributed by atoms with Crippen LogP contribution < -0.4 is 10.0 Å². The summed E-state index contributed by atoms with van der Waals surface area (Å²) in [6.07, 6.45) is -1.23. The van der Waals surface area contributed by atoms with Gasteiger partial charge in [-0.15, -0.1) is 0 Å². The molecule has 4 rings (SSSR count). The molecule has 1 aromatic heterocycles. The number of halogens is 3. The molecule has 0 aliphatic carbocycles. The second-order valence-electron chi connectivity index (χ2n) is 6.53. The van der Waals surface area contributed by atoms with Gasteiger partial charge in [-0.3, -0.25) is 9.52 Å². The zero-order valence-corrected chi connectivity index (χ0v) is 15.9. The molecule has 1 aliphatic heterocycles.